The van der Waals surface area contributed by atoms with Crippen LogP contribution in [0.25, 0.3) is 6.08 Å². The van der Waals surface area contributed by atoms with Gasteiger partial charge in [0.1, 0.15) is 0 Å². The molecule has 5 heteroatoms. The molecule has 0 aromatic heterocycles. The van der Waals surface area contributed by atoms with Crippen LogP contribution in [0.3, 0.4) is 0 Å². The second kappa shape index (κ2) is 6.03. The Bertz CT molecular complexity index is 540. The lowest BCUT2D eigenvalue weighted by atomic mass is 10.1. The molecular formula is C13H11N3OS. The zero-order valence-corrected chi connectivity index (χ0v) is 10.4. The number of amidine groups is 1. The summed E-state index contributed by atoms with van der Waals surface area (Å²) in [4.78, 5) is 15.7. The molecule has 90 valence electrons. The van der Waals surface area contributed by atoms with Crippen molar-refractivity contribution < 1.29 is 4.79 Å². The number of nitrogens with one attached hydrogen (secondary N) is 1. The molecule has 1 heterocycles. The van der Waals surface area contributed by atoms with Crippen LogP contribution in [0.5, 0.6) is 0 Å². The maximum absolute atomic E-state index is 11.6. The second-order valence-electron chi connectivity index (χ2n) is 3.59. The van der Waals surface area contributed by atoms with Crippen molar-refractivity contribution in [2.45, 2.75) is 0 Å². The molecule has 0 atom stereocenters. The molecule has 18 heavy (non-hydrogen) atoms. The molecule has 4 nitrogen and oxygen atoms in total. The predicted octanol–water partition coefficient (Wildman–Crippen LogP) is 1.79. The Labute approximate surface area is 109 Å². The first-order chi connectivity index (χ1) is 8.78. The summed E-state index contributed by atoms with van der Waals surface area (Å²) in [6, 6.07) is 9.07. The maximum Gasteiger partial charge on any atom is 0.249 e. The van der Waals surface area contributed by atoms with Gasteiger partial charge >= 0.3 is 0 Å². The Morgan fingerprint density at radius 1 is 1.44 bits per heavy atom. The number of hydrogen-bond donors (Lipinski definition) is 1. The Kier molecular flexibility index (Phi) is 4.15. The van der Waals surface area contributed by atoms with E-state index in [4.69, 9.17) is 5.26 Å². The molecule has 0 radical (unpaired) electrons. The smallest absolute Gasteiger partial charge is 0.249 e. The Balaban J connectivity index is 1.93. The summed E-state index contributed by atoms with van der Waals surface area (Å²) in [5, 5.41) is 12.0. The van der Waals surface area contributed by atoms with Crippen molar-refractivity contribution in [1.29, 1.82) is 5.26 Å². The lowest BCUT2D eigenvalue weighted by molar-refractivity contribution is -0.115. The van der Waals surface area contributed by atoms with E-state index in [0.717, 1.165) is 17.9 Å². The van der Waals surface area contributed by atoms with Crippen LogP contribution in [-0.4, -0.2) is 23.4 Å². The van der Waals surface area contributed by atoms with Crippen LogP contribution in [0, 0.1) is 11.3 Å². The highest BCUT2D eigenvalue weighted by atomic mass is 32.2. The van der Waals surface area contributed by atoms with Gasteiger partial charge in [0.05, 0.1) is 18.2 Å². The lowest BCUT2D eigenvalue weighted by Crippen LogP contribution is -2.25. The highest BCUT2D eigenvalue weighted by Crippen LogP contribution is 2.09. The van der Waals surface area contributed by atoms with Gasteiger partial charge in [-0.3, -0.25) is 9.79 Å². The highest BCUT2D eigenvalue weighted by molar-refractivity contribution is 8.14. The van der Waals surface area contributed by atoms with E-state index in [-0.39, 0.29) is 5.91 Å². The van der Waals surface area contributed by atoms with Gasteiger partial charge in [0.15, 0.2) is 5.17 Å². The van der Waals surface area contributed by atoms with Crippen molar-refractivity contribution in [2.24, 2.45) is 4.99 Å². The number of benzene rings is 1. The van der Waals surface area contributed by atoms with E-state index >= 15 is 0 Å². The summed E-state index contributed by atoms with van der Waals surface area (Å²) < 4.78 is 0. The van der Waals surface area contributed by atoms with Crippen LogP contribution in [0.4, 0.5) is 0 Å². The SMILES string of the molecule is N#Cc1ccc(/C=C/C(=O)NC2=NCCS2)cc1. The molecular weight excluding hydrogens is 246 g/mol. The molecule has 1 aliphatic rings. The third-order valence-corrected chi connectivity index (χ3v) is 3.17. The summed E-state index contributed by atoms with van der Waals surface area (Å²) in [5.41, 5.74) is 1.48. The first-order valence-electron chi connectivity index (χ1n) is 5.44. The minimum Gasteiger partial charge on any atom is -0.302 e. The van der Waals surface area contributed by atoms with Gasteiger partial charge in [0.2, 0.25) is 5.91 Å². The van der Waals surface area contributed by atoms with Crippen molar-refractivity contribution in [3.05, 3.63) is 41.5 Å². The van der Waals surface area contributed by atoms with Gasteiger partial charge < -0.3 is 5.32 Å². The van der Waals surface area contributed by atoms with E-state index < -0.39 is 0 Å². The van der Waals surface area contributed by atoms with Crippen molar-refractivity contribution in [2.75, 3.05) is 12.3 Å². The number of aliphatic imine (C=N–C) groups is 1. The fourth-order valence-electron chi connectivity index (χ4n) is 1.40. The van der Waals surface area contributed by atoms with Gasteiger partial charge in [0.25, 0.3) is 0 Å². The fraction of sp³-hybridized carbons (Fsp3) is 0.154. The number of nitrogens with zero attached hydrogens (tertiary/aromatic N) is 2. The van der Waals surface area contributed by atoms with E-state index in [9.17, 15) is 4.79 Å². The lowest BCUT2D eigenvalue weighted by Gasteiger charge is -1.98. The van der Waals surface area contributed by atoms with Crippen molar-refractivity contribution in [3.63, 3.8) is 0 Å². The molecule has 1 amide bonds. The van der Waals surface area contributed by atoms with Crippen LogP contribution >= 0.6 is 11.8 Å². The zero-order chi connectivity index (χ0) is 12.8. The standard InChI is InChI=1S/C13H11N3OS/c14-9-11-3-1-10(2-4-11)5-6-12(17)16-13-15-7-8-18-13/h1-6H,7-8H2,(H,15,16,17)/b6-5+. The van der Waals surface area contributed by atoms with Crippen molar-refractivity contribution in [3.8, 4) is 6.07 Å². The largest absolute Gasteiger partial charge is 0.302 e. The average Bonchev–Trinajstić information content (AvgIpc) is 2.90. The minimum absolute atomic E-state index is 0.187. The first kappa shape index (κ1) is 12.4. The van der Waals surface area contributed by atoms with Gasteiger partial charge in [-0.2, -0.15) is 5.26 Å². The van der Waals surface area contributed by atoms with E-state index in [2.05, 4.69) is 10.3 Å². The van der Waals surface area contributed by atoms with Crippen LogP contribution in [-0.2, 0) is 4.79 Å². The molecule has 1 aliphatic heterocycles. The number of amides is 1. The van der Waals surface area contributed by atoms with Crippen LogP contribution in [0.2, 0.25) is 0 Å². The molecule has 0 saturated carbocycles. The minimum atomic E-state index is -0.187. The second-order valence-corrected chi connectivity index (χ2v) is 4.68. The van der Waals surface area contributed by atoms with E-state index in [1.807, 2.05) is 6.07 Å². The molecule has 0 aliphatic carbocycles. The summed E-state index contributed by atoms with van der Waals surface area (Å²) in [7, 11) is 0. The summed E-state index contributed by atoms with van der Waals surface area (Å²) in [5.74, 6) is 0.738. The van der Waals surface area contributed by atoms with Crippen molar-refractivity contribution in [1.82, 2.24) is 5.32 Å². The molecule has 0 spiro atoms. The number of carbonyl (C=O) groups is 1. The zero-order valence-electron chi connectivity index (χ0n) is 9.59. The molecule has 0 bridgehead atoms. The summed E-state index contributed by atoms with van der Waals surface area (Å²) >= 11 is 1.55. The fourth-order valence-corrected chi connectivity index (χ4v) is 2.13. The number of thioether (sulfide) groups is 1. The quantitative estimate of drug-likeness (QED) is 0.821. The highest BCUT2D eigenvalue weighted by Gasteiger charge is 2.08. The number of nitriles is 1. The van der Waals surface area contributed by atoms with Gasteiger partial charge in [-0.15, -0.1) is 0 Å². The third-order valence-electron chi connectivity index (χ3n) is 2.28. The average molecular weight is 257 g/mol. The van der Waals surface area contributed by atoms with E-state index in [1.165, 1.54) is 6.08 Å². The number of carbonyl (C=O) groups excluding carboxylic acids is 1. The molecule has 0 unspecified atom stereocenters. The topological polar surface area (TPSA) is 65.2 Å². The molecule has 2 rings (SSSR count). The first-order valence-corrected chi connectivity index (χ1v) is 6.43. The molecule has 0 fully saturated rings. The Hall–Kier alpha value is -2.06. The number of hydrogen-bond acceptors (Lipinski definition) is 4. The van der Waals surface area contributed by atoms with Gasteiger partial charge in [-0.1, -0.05) is 23.9 Å². The molecule has 1 N–H and O–H groups in total. The van der Waals surface area contributed by atoms with Gasteiger partial charge in [-0.25, -0.2) is 0 Å². The van der Waals surface area contributed by atoms with Gasteiger partial charge in [0, 0.05) is 11.8 Å². The molecule has 1 aromatic carbocycles. The summed E-state index contributed by atoms with van der Waals surface area (Å²) in [6.07, 6.45) is 3.17. The predicted molar refractivity (Wildman–Crippen MR) is 73.1 cm³/mol. The maximum atomic E-state index is 11.6. The molecule has 0 saturated heterocycles. The third kappa shape index (κ3) is 3.47. The van der Waals surface area contributed by atoms with Crippen LogP contribution in [0.1, 0.15) is 11.1 Å². The van der Waals surface area contributed by atoms with Crippen LogP contribution < -0.4 is 5.32 Å². The summed E-state index contributed by atoms with van der Waals surface area (Å²) in [6.45, 7) is 0.764. The Morgan fingerprint density at radius 3 is 2.83 bits per heavy atom. The van der Waals surface area contributed by atoms with E-state index in [0.29, 0.717) is 10.7 Å². The Morgan fingerprint density at radius 2 is 2.22 bits per heavy atom. The van der Waals surface area contributed by atoms with Crippen LogP contribution in [0.15, 0.2) is 35.3 Å². The molecule has 1 aromatic rings. The van der Waals surface area contributed by atoms with Gasteiger partial charge in [-0.05, 0) is 23.8 Å². The normalized spacial score (nSPS) is 14.3. The number of rotatable bonds is 2. The van der Waals surface area contributed by atoms with Crippen molar-refractivity contribution >= 4 is 28.9 Å². The monoisotopic (exact) mass is 257 g/mol. The van der Waals surface area contributed by atoms with E-state index in [1.54, 1.807) is 42.1 Å².